The molecule has 13 heavy (non-hydrogen) atoms. The van der Waals surface area contributed by atoms with E-state index < -0.39 is 0 Å². The molecule has 0 saturated carbocycles. The van der Waals surface area contributed by atoms with Crippen LogP contribution in [0.15, 0.2) is 12.3 Å². The Balaban J connectivity index is 0.000000845. The monoisotopic (exact) mass is 197 g/mol. The zero-order valence-electron chi connectivity index (χ0n) is 8.21. The first-order chi connectivity index (χ1) is 5.75. The van der Waals surface area contributed by atoms with Gasteiger partial charge in [0.05, 0.1) is 0 Å². The summed E-state index contributed by atoms with van der Waals surface area (Å²) in [6.07, 6.45) is 5.69. The van der Waals surface area contributed by atoms with Crippen molar-refractivity contribution in [2.24, 2.45) is 5.92 Å². The van der Waals surface area contributed by atoms with E-state index in [1.165, 1.54) is 36.1 Å². The Labute approximate surface area is 86.0 Å². The molecular formula is C11H16ClN. The standard InChI is InChI=1S/C11H15N.ClH/c1-8-3-4-11-10(5-8)6-9(2)7-12-11;/h6-8H,3-5H2,1-2H3;1H. The van der Waals surface area contributed by atoms with E-state index in [0.717, 1.165) is 5.92 Å². The minimum absolute atomic E-state index is 0. The van der Waals surface area contributed by atoms with Crippen LogP contribution in [-0.2, 0) is 12.8 Å². The SMILES string of the molecule is Cc1cnc2c(c1)CC(C)CC2.Cl. The molecule has 1 unspecified atom stereocenters. The molecule has 0 bridgehead atoms. The summed E-state index contributed by atoms with van der Waals surface area (Å²) >= 11 is 0. The van der Waals surface area contributed by atoms with Crippen molar-refractivity contribution in [3.05, 3.63) is 29.1 Å². The van der Waals surface area contributed by atoms with Crippen molar-refractivity contribution in [2.75, 3.05) is 0 Å². The second-order valence-corrected chi connectivity index (χ2v) is 3.97. The zero-order chi connectivity index (χ0) is 8.55. The number of fused-ring (bicyclic) bond motifs is 1. The van der Waals surface area contributed by atoms with Gasteiger partial charge in [0, 0.05) is 11.9 Å². The molecule has 1 heterocycles. The fourth-order valence-electron chi connectivity index (χ4n) is 1.92. The lowest BCUT2D eigenvalue weighted by molar-refractivity contribution is 0.493. The molecule has 0 saturated heterocycles. The Hall–Kier alpha value is -0.560. The smallest absolute Gasteiger partial charge is 0.0435 e. The van der Waals surface area contributed by atoms with E-state index in [1.807, 2.05) is 6.20 Å². The van der Waals surface area contributed by atoms with Crippen molar-refractivity contribution in [3.63, 3.8) is 0 Å². The molecule has 1 aliphatic rings. The van der Waals surface area contributed by atoms with E-state index in [0.29, 0.717) is 0 Å². The number of aromatic nitrogens is 1. The van der Waals surface area contributed by atoms with Crippen molar-refractivity contribution in [2.45, 2.75) is 33.1 Å². The second kappa shape index (κ2) is 4.10. The number of rotatable bonds is 0. The van der Waals surface area contributed by atoms with E-state index in [9.17, 15) is 0 Å². The summed E-state index contributed by atoms with van der Waals surface area (Å²) in [5, 5.41) is 0. The van der Waals surface area contributed by atoms with Crippen molar-refractivity contribution in [1.82, 2.24) is 4.98 Å². The Bertz CT molecular complexity index is 296. The van der Waals surface area contributed by atoms with Crippen LogP contribution in [0.5, 0.6) is 0 Å². The Morgan fingerprint density at radius 3 is 3.00 bits per heavy atom. The molecule has 2 heteroatoms. The summed E-state index contributed by atoms with van der Waals surface area (Å²) in [7, 11) is 0. The van der Waals surface area contributed by atoms with Crippen LogP contribution in [0.1, 0.15) is 30.2 Å². The van der Waals surface area contributed by atoms with E-state index >= 15 is 0 Å². The number of aryl methyl sites for hydroxylation is 2. The summed E-state index contributed by atoms with van der Waals surface area (Å²) in [6.45, 7) is 4.44. The van der Waals surface area contributed by atoms with E-state index in [-0.39, 0.29) is 12.4 Å². The number of pyridine rings is 1. The topological polar surface area (TPSA) is 12.9 Å². The second-order valence-electron chi connectivity index (χ2n) is 3.97. The molecular weight excluding hydrogens is 182 g/mol. The highest BCUT2D eigenvalue weighted by Gasteiger charge is 2.15. The van der Waals surface area contributed by atoms with Gasteiger partial charge in [-0.1, -0.05) is 13.0 Å². The van der Waals surface area contributed by atoms with Gasteiger partial charge < -0.3 is 0 Å². The van der Waals surface area contributed by atoms with Gasteiger partial charge in [0.1, 0.15) is 0 Å². The van der Waals surface area contributed by atoms with Crippen LogP contribution in [-0.4, -0.2) is 4.98 Å². The lowest BCUT2D eigenvalue weighted by Gasteiger charge is -2.20. The van der Waals surface area contributed by atoms with Crippen LogP contribution < -0.4 is 0 Å². The van der Waals surface area contributed by atoms with Crippen LogP contribution in [0.25, 0.3) is 0 Å². The molecule has 1 aliphatic carbocycles. The molecule has 1 aromatic rings. The highest BCUT2D eigenvalue weighted by molar-refractivity contribution is 5.85. The summed E-state index contributed by atoms with van der Waals surface area (Å²) in [5.74, 6) is 0.848. The molecule has 0 radical (unpaired) electrons. The van der Waals surface area contributed by atoms with E-state index in [1.54, 1.807) is 0 Å². The molecule has 2 rings (SSSR count). The molecule has 0 N–H and O–H groups in total. The first-order valence-electron chi connectivity index (χ1n) is 4.70. The van der Waals surface area contributed by atoms with Gasteiger partial charge in [-0.2, -0.15) is 0 Å². The van der Waals surface area contributed by atoms with Gasteiger partial charge in [-0.3, -0.25) is 4.98 Å². The van der Waals surface area contributed by atoms with Gasteiger partial charge in [0.2, 0.25) is 0 Å². The summed E-state index contributed by atoms with van der Waals surface area (Å²) in [6, 6.07) is 2.29. The molecule has 0 spiro atoms. The number of nitrogens with zero attached hydrogens (tertiary/aromatic N) is 1. The fraction of sp³-hybridized carbons (Fsp3) is 0.545. The number of hydrogen-bond acceptors (Lipinski definition) is 1. The number of halogens is 1. The van der Waals surface area contributed by atoms with Gasteiger partial charge in [-0.05, 0) is 43.2 Å². The van der Waals surface area contributed by atoms with Crippen LogP contribution >= 0.6 is 12.4 Å². The first-order valence-corrected chi connectivity index (χ1v) is 4.70. The maximum absolute atomic E-state index is 4.45. The van der Waals surface area contributed by atoms with Gasteiger partial charge in [-0.25, -0.2) is 0 Å². The quantitative estimate of drug-likeness (QED) is 0.623. The normalized spacial score (nSPS) is 20.3. The van der Waals surface area contributed by atoms with Crippen molar-refractivity contribution < 1.29 is 0 Å². The predicted molar refractivity (Wildman–Crippen MR) is 57.4 cm³/mol. The van der Waals surface area contributed by atoms with Crippen LogP contribution in [0.2, 0.25) is 0 Å². The fourth-order valence-corrected chi connectivity index (χ4v) is 1.92. The average molecular weight is 198 g/mol. The Morgan fingerprint density at radius 1 is 1.46 bits per heavy atom. The maximum atomic E-state index is 4.45. The lowest BCUT2D eigenvalue weighted by atomic mass is 9.87. The molecule has 1 atom stereocenters. The largest absolute Gasteiger partial charge is 0.261 e. The Kier molecular flexibility index (Phi) is 3.32. The van der Waals surface area contributed by atoms with Crippen molar-refractivity contribution in [3.8, 4) is 0 Å². The third-order valence-corrected chi connectivity index (χ3v) is 2.64. The zero-order valence-corrected chi connectivity index (χ0v) is 9.03. The number of hydrogen-bond donors (Lipinski definition) is 0. The van der Waals surface area contributed by atoms with E-state index in [4.69, 9.17) is 0 Å². The van der Waals surface area contributed by atoms with Crippen molar-refractivity contribution in [1.29, 1.82) is 0 Å². The Morgan fingerprint density at radius 2 is 2.23 bits per heavy atom. The predicted octanol–water partition coefficient (Wildman–Crippen LogP) is 2.94. The van der Waals surface area contributed by atoms with Crippen LogP contribution in [0, 0.1) is 12.8 Å². The summed E-state index contributed by atoms with van der Waals surface area (Å²) in [5.41, 5.74) is 4.11. The maximum Gasteiger partial charge on any atom is 0.0435 e. The van der Waals surface area contributed by atoms with Crippen LogP contribution in [0.4, 0.5) is 0 Å². The van der Waals surface area contributed by atoms with Gasteiger partial charge >= 0.3 is 0 Å². The third kappa shape index (κ3) is 2.22. The lowest BCUT2D eigenvalue weighted by Crippen LogP contribution is -2.12. The van der Waals surface area contributed by atoms with Gasteiger partial charge in [0.15, 0.2) is 0 Å². The molecule has 1 nitrogen and oxygen atoms in total. The molecule has 72 valence electrons. The summed E-state index contributed by atoms with van der Waals surface area (Å²) in [4.78, 5) is 4.45. The van der Waals surface area contributed by atoms with E-state index in [2.05, 4.69) is 24.9 Å². The first kappa shape index (κ1) is 10.5. The molecule has 0 amide bonds. The average Bonchev–Trinajstić information content (AvgIpc) is 2.03. The van der Waals surface area contributed by atoms with Gasteiger partial charge in [0.25, 0.3) is 0 Å². The minimum Gasteiger partial charge on any atom is -0.261 e. The highest BCUT2D eigenvalue weighted by atomic mass is 35.5. The van der Waals surface area contributed by atoms with Crippen molar-refractivity contribution >= 4 is 12.4 Å². The molecule has 0 fully saturated rings. The minimum atomic E-state index is 0. The molecule has 0 aromatic carbocycles. The molecule has 0 aliphatic heterocycles. The molecule has 1 aromatic heterocycles. The van der Waals surface area contributed by atoms with Gasteiger partial charge in [-0.15, -0.1) is 12.4 Å². The highest BCUT2D eigenvalue weighted by Crippen LogP contribution is 2.23. The van der Waals surface area contributed by atoms with Crippen LogP contribution in [0.3, 0.4) is 0 Å². The third-order valence-electron chi connectivity index (χ3n) is 2.64. The summed E-state index contributed by atoms with van der Waals surface area (Å²) < 4.78 is 0.